The highest BCUT2D eigenvalue weighted by molar-refractivity contribution is 8.00. The SMILES string of the molecule is C[C@H](Sc1nnc(COc2ccccc2)n1-c1ccccc1)C(=O)Nc1ccccc1. The summed E-state index contributed by atoms with van der Waals surface area (Å²) in [7, 11) is 0. The Hall–Kier alpha value is -3.58. The lowest BCUT2D eigenvalue weighted by molar-refractivity contribution is -0.115. The standard InChI is InChI=1S/C24H22N4O2S/c1-18(23(29)25-19-11-5-2-6-12-19)31-24-27-26-22(17-30-21-15-9-4-10-16-21)28(24)20-13-7-3-8-14-20/h2-16,18H,17H2,1H3,(H,25,29)/t18-/m0/s1. The van der Waals surface area contributed by atoms with Gasteiger partial charge in [0.15, 0.2) is 11.0 Å². The van der Waals surface area contributed by atoms with Gasteiger partial charge in [-0.05, 0) is 43.3 Å². The number of rotatable bonds is 8. The van der Waals surface area contributed by atoms with Crippen molar-refractivity contribution in [1.82, 2.24) is 14.8 Å². The van der Waals surface area contributed by atoms with Crippen molar-refractivity contribution in [3.05, 3.63) is 96.8 Å². The van der Waals surface area contributed by atoms with Crippen molar-refractivity contribution in [2.75, 3.05) is 5.32 Å². The van der Waals surface area contributed by atoms with E-state index in [2.05, 4.69) is 15.5 Å². The number of carbonyl (C=O) groups is 1. The molecule has 0 bridgehead atoms. The molecule has 1 atom stereocenters. The highest BCUT2D eigenvalue weighted by Crippen LogP contribution is 2.27. The Morgan fingerprint density at radius 2 is 1.55 bits per heavy atom. The number of thioether (sulfide) groups is 1. The van der Waals surface area contributed by atoms with Gasteiger partial charge in [-0.15, -0.1) is 10.2 Å². The number of hydrogen-bond acceptors (Lipinski definition) is 5. The Labute approximate surface area is 185 Å². The van der Waals surface area contributed by atoms with Crippen molar-refractivity contribution in [2.45, 2.75) is 23.9 Å². The van der Waals surface area contributed by atoms with E-state index < -0.39 is 0 Å². The average Bonchev–Trinajstić information content (AvgIpc) is 3.22. The maximum Gasteiger partial charge on any atom is 0.237 e. The maximum atomic E-state index is 12.7. The van der Waals surface area contributed by atoms with Gasteiger partial charge in [0.25, 0.3) is 0 Å². The van der Waals surface area contributed by atoms with Crippen LogP contribution >= 0.6 is 11.8 Å². The molecule has 6 nitrogen and oxygen atoms in total. The van der Waals surface area contributed by atoms with E-state index in [1.807, 2.05) is 102 Å². The lowest BCUT2D eigenvalue weighted by atomic mass is 10.3. The summed E-state index contributed by atoms with van der Waals surface area (Å²) in [5.74, 6) is 1.32. The van der Waals surface area contributed by atoms with Crippen molar-refractivity contribution in [1.29, 1.82) is 0 Å². The highest BCUT2D eigenvalue weighted by atomic mass is 32.2. The molecule has 0 radical (unpaired) electrons. The predicted octanol–water partition coefficient (Wildman–Crippen LogP) is 4.97. The van der Waals surface area contributed by atoms with Crippen LogP contribution in [0.25, 0.3) is 5.69 Å². The summed E-state index contributed by atoms with van der Waals surface area (Å²) < 4.78 is 7.82. The summed E-state index contributed by atoms with van der Waals surface area (Å²) in [6, 6.07) is 28.8. The van der Waals surface area contributed by atoms with E-state index in [1.165, 1.54) is 11.8 Å². The van der Waals surface area contributed by atoms with Crippen molar-refractivity contribution in [2.24, 2.45) is 0 Å². The highest BCUT2D eigenvalue weighted by Gasteiger charge is 2.21. The minimum atomic E-state index is -0.366. The Kier molecular flexibility index (Phi) is 6.64. The molecule has 4 aromatic rings. The van der Waals surface area contributed by atoms with E-state index in [4.69, 9.17) is 4.74 Å². The van der Waals surface area contributed by atoms with E-state index in [1.54, 1.807) is 0 Å². The first-order valence-corrected chi connectivity index (χ1v) is 10.8. The Balaban J connectivity index is 1.54. The van der Waals surface area contributed by atoms with Crippen LogP contribution in [0.15, 0.2) is 96.2 Å². The van der Waals surface area contributed by atoms with E-state index in [0.29, 0.717) is 11.0 Å². The van der Waals surface area contributed by atoms with Crippen LogP contribution in [0.3, 0.4) is 0 Å². The number of ether oxygens (including phenoxy) is 1. The number of amides is 1. The van der Waals surface area contributed by atoms with Crippen LogP contribution in [0.2, 0.25) is 0 Å². The molecule has 7 heteroatoms. The van der Waals surface area contributed by atoms with Gasteiger partial charge in [-0.3, -0.25) is 9.36 Å². The van der Waals surface area contributed by atoms with Crippen molar-refractivity contribution in [3.63, 3.8) is 0 Å². The van der Waals surface area contributed by atoms with Gasteiger partial charge in [0.2, 0.25) is 5.91 Å². The molecule has 31 heavy (non-hydrogen) atoms. The lowest BCUT2D eigenvalue weighted by Gasteiger charge is -2.14. The summed E-state index contributed by atoms with van der Waals surface area (Å²) in [6.07, 6.45) is 0. The minimum absolute atomic E-state index is 0.0964. The van der Waals surface area contributed by atoms with Gasteiger partial charge < -0.3 is 10.1 Å². The number of nitrogens with zero attached hydrogens (tertiary/aromatic N) is 3. The van der Waals surface area contributed by atoms with Crippen LogP contribution in [0.5, 0.6) is 5.75 Å². The fourth-order valence-corrected chi connectivity index (χ4v) is 3.83. The molecule has 0 unspecified atom stereocenters. The second-order valence-corrected chi connectivity index (χ2v) is 8.09. The first-order chi connectivity index (χ1) is 15.2. The third-order valence-electron chi connectivity index (χ3n) is 4.52. The molecule has 1 heterocycles. The summed E-state index contributed by atoms with van der Waals surface area (Å²) in [6.45, 7) is 2.12. The fourth-order valence-electron chi connectivity index (χ4n) is 2.95. The first-order valence-electron chi connectivity index (χ1n) is 9.91. The summed E-state index contributed by atoms with van der Waals surface area (Å²) in [5, 5.41) is 11.9. The van der Waals surface area contributed by atoms with Crippen molar-refractivity contribution in [3.8, 4) is 11.4 Å². The van der Waals surface area contributed by atoms with Crippen LogP contribution in [0.4, 0.5) is 5.69 Å². The molecular weight excluding hydrogens is 408 g/mol. The topological polar surface area (TPSA) is 69.0 Å². The Morgan fingerprint density at radius 3 is 2.23 bits per heavy atom. The molecule has 1 N–H and O–H groups in total. The van der Waals surface area contributed by atoms with Gasteiger partial charge in [-0.25, -0.2) is 0 Å². The molecule has 0 saturated carbocycles. The van der Waals surface area contributed by atoms with Crippen LogP contribution in [-0.2, 0) is 11.4 Å². The van der Waals surface area contributed by atoms with E-state index in [0.717, 1.165) is 17.1 Å². The molecule has 156 valence electrons. The quantitative estimate of drug-likeness (QED) is 0.400. The average molecular weight is 431 g/mol. The van der Waals surface area contributed by atoms with Gasteiger partial charge in [0.05, 0.1) is 5.25 Å². The third-order valence-corrected chi connectivity index (χ3v) is 5.56. The van der Waals surface area contributed by atoms with Crippen LogP contribution < -0.4 is 10.1 Å². The van der Waals surface area contributed by atoms with Gasteiger partial charge >= 0.3 is 0 Å². The maximum absolute atomic E-state index is 12.7. The summed E-state index contributed by atoms with van der Waals surface area (Å²) in [5.41, 5.74) is 1.68. The van der Waals surface area contributed by atoms with Crippen LogP contribution in [0.1, 0.15) is 12.7 Å². The first kappa shape index (κ1) is 20.7. The second kappa shape index (κ2) is 9.95. The molecule has 0 spiro atoms. The Morgan fingerprint density at radius 1 is 0.935 bits per heavy atom. The molecule has 4 rings (SSSR count). The van der Waals surface area contributed by atoms with Gasteiger partial charge in [-0.2, -0.15) is 0 Å². The zero-order chi connectivity index (χ0) is 21.5. The largest absolute Gasteiger partial charge is 0.486 e. The monoisotopic (exact) mass is 430 g/mol. The molecule has 1 amide bonds. The molecule has 0 aliphatic rings. The van der Waals surface area contributed by atoms with Gasteiger partial charge in [0.1, 0.15) is 12.4 Å². The number of para-hydroxylation sites is 3. The van der Waals surface area contributed by atoms with E-state index >= 15 is 0 Å². The normalized spacial score (nSPS) is 11.6. The van der Waals surface area contributed by atoms with Crippen LogP contribution in [0, 0.1) is 0 Å². The van der Waals surface area contributed by atoms with E-state index in [9.17, 15) is 4.79 Å². The predicted molar refractivity (Wildman–Crippen MR) is 123 cm³/mol. The second-order valence-electron chi connectivity index (χ2n) is 6.79. The minimum Gasteiger partial charge on any atom is -0.486 e. The van der Waals surface area contributed by atoms with Crippen LogP contribution in [-0.4, -0.2) is 25.9 Å². The molecule has 0 saturated heterocycles. The van der Waals surface area contributed by atoms with Crippen molar-refractivity contribution >= 4 is 23.4 Å². The number of anilines is 1. The fraction of sp³-hybridized carbons (Fsp3) is 0.125. The third kappa shape index (κ3) is 5.32. The van der Waals surface area contributed by atoms with Gasteiger partial charge in [-0.1, -0.05) is 66.4 Å². The van der Waals surface area contributed by atoms with Gasteiger partial charge in [0, 0.05) is 11.4 Å². The van der Waals surface area contributed by atoms with E-state index in [-0.39, 0.29) is 17.8 Å². The molecule has 0 aliphatic heterocycles. The molecule has 3 aromatic carbocycles. The molecular formula is C24H22N4O2S. The molecule has 1 aromatic heterocycles. The zero-order valence-electron chi connectivity index (χ0n) is 17.0. The zero-order valence-corrected chi connectivity index (χ0v) is 17.8. The molecule has 0 fully saturated rings. The Bertz CT molecular complexity index is 1120. The number of benzene rings is 3. The van der Waals surface area contributed by atoms with Crippen molar-refractivity contribution < 1.29 is 9.53 Å². The number of nitrogens with one attached hydrogen (secondary N) is 1. The smallest absolute Gasteiger partial charge is 0.237 e. The summed E-state index contributed by atoms with van der Waals surface area (Å²) >= 11 is 1.36. The number of carbonyl (C=O) groups excluding carboxylic acids is 1. The number of hydrogen-bond donors (Lipinski definition) is 1. The summed E-state index contributed by atoms with van der Waals surface area (Å²) in [4.78, 5) is 12.7. The lowest BCUT2D eigenvalue weighted by Crippen LogP contribution is -2.22. The number of aromatic nitrogens is 3. The molecule has 0 aliphatic carbocycles.